The molecule has 6 heteroatoms. The monoisotopic (exact) mass is 263 g/mol. The first-order valence-electron chi connectivity index (χ1n) is 5.45. The summed E-state index contributed by atoms with van der Waals surface area (Å²) in [5, 5.41) is 12.8. The SMILES string of the molecule is Cc1nc(NC(C)c2ccncc2)sc1C(=O)O. The van der Waals surface area contributed by atoms with Crippen molar-refractivity contribution in [1.29, 1.82) is 0 Å². The molecule has 0 aliphatic heterocycles. The highest BCUT2D eigenvalue weighted by Gasteiger charge is 2.15. The van der Waals surface area contributed by atoms with E-state index >= 15 is 0 Å². The molecule has 2 aromatic heterocycles. The molecule has 0 saturated carbocycles. The van der Waals surface area contributed by atoms with Crippen molar-refractivity contribution in [2.24, 2.45) is 0 Å². The topological polar surface area (TPSA) is 75.1 Å². The molecular weight excluding hydrogens is 250 g/mol. The van der Waals surface area contributed by atoms with Gasteiger partial charge in [0.25, 0.3) is 0 Å². The van der Waals surface area contributed by atoms with Crippen molar-refractivity contribution in [3.05, 3.63) is 40.7 Å². The van der Waals surface area contributed by atoms with Crippen LogP contribution in [0.25, 0.3) is 0 Å². The van der Waals surface area contributed by atoms with Gasteiger partial charge in [0.05, 0.1) is 11.7 Å². The van der Waals surface area contributed by atoms with E-state index in [4.69, 9.17) is 5.11 Å². The van der Waals surface area contributed by atoms with Gasteiger partial charge in [0.2, 0.25) is 0 Å². The quantitative estimate of drug-likeness (QED) is 0.887. The number of carboxylic acids is 1. The first kappa shape index (κ1) is 12.5. The van der Waals surface area contributed by atoms with Gasteiger partial charge in [-0.2, -0.15) is 0 Å². The number of nitrogens with one attached hydrogen (secondary N) is 1. The fourth-order valence-corrected chi connectivity index (χ4v) is 2.47. The van der Waals surface area contributed by atoms with Crippen molar-refractivity contribution in [3.8, 4) is 0 Å². The molecule has 0 bridgehead atoms. The number of hydrogen-bond acceptors (Lipinski definition) is 5. The Labute approximate surface area is 109 Å². The molecule has 18 heavy (non-hydrogen) atoms. The molecule has 0 aliphatic carbocycles. The fourth-order valence-electron chi connectivity index (χ4n) is 1.58. The van der Waals surface area contributed by atoms with Gasteiger partial charge in [-0.25, -0.2) is 9.78 Å². The summed E-state index contributed by atoms with van der Waals surface area (Å²) < 4.78 is 0. The van der Waals surface area contributed by atoms with Gasteiger partial charge in [-0.15, -0.1) is 0 Å². The van der Waals surface area contributed by atoms with Crippen LogP contribution in [0.2, 0.25) is 0 Å². The number of carbonyl (C=O) groups is 1. The lowest BCUT2D eigenvalue weighted by atomic mass is 10.1. The van der Waals surface area contributed by atoms with Crippen molar-refractivity contribution in [1.82, 2.24) is 9.97 Å². The Kier molecular flexibility index (Phi) is 3.57. The third-order valence-electron chi connectivity index (χ3n) is 2.54. The average molecular weight is 263 g/mol. The highest BCUT2D eigenvalue weighted by Crippen LogP contribution is 2.26. The maximum absolute atomic E-state index is 10.9. The van der Waals surface area contributed by atoms with Gasteiger partial charge in [0.15, 0.2) is 5.13 Å². The number of pyridine rings is 1. The summed E-state index contributed by atoms with van der Waals surface area (Å²) in [7, 11) is 0. The summed E-state index contributed by atoms with van der Waals surface area (Å²) in [6.07, 6.45) is 3.45. The molecule has 0 aromatic carbocycles. The normalized spacial score (nSPS) is 12.1. The number of aromatic nitrogens is 2. The first-order valence-corrected chi connectivity index (χ1v) is 6.26. The molecular formula is C12H13N3O2S. The van der Waals surface area contributed by atoms with Gasteiger partial charge in [-0.3, -0.25) is 4.98 Å². The highest BCUT2D eigenvalue weighted by atomic mass is 32.1. The van der Waals surface area contributed by atoms with E-state index in [1.807, 2.05) is 19.1 Å². The Morgan fingerprint density at radius 3 is 2.67 bits per heavy atom. The van der Waals surface area contributed by atoms with Crippen LogP contribution in [-0.4, -0.2) is 21.0 Å². The molecule has 94 valence electrons. The second-order valence-corrected chi connectivity index (χ2v) is 4.88. The Bertz CT molecular complexity index is 554. The summed E-state index contributed by atoms with van der Waals surface area (Å²) >= 11 is 1.15. The third kappa shape index (κ3) is 2.65. The van der Waals surface area contributed by atoms with E-state index in [0.29, 0.717) is 10.8 Å². The van der Waals surface area contributed by atoms with Gasteiger partial charge in [0, 0.05) is 12.4 Å². The van der Waals surface area contributed by atoms with Crippen LogP contribution in [0.3, 0.4) is 0 Å². The standard InChI is InChI=1S/C12H13N3O2S/c1-7(9-3-5-13-6-4-9)14-12-15-8(2)10(18-12)11(16)17/h3-7H,1-2H3,(H,14,15)(H,16,17). The van der Waals surface area contributed by atoms with Gasteiger partial charge in [-0.1, -0.05) is 11.3 Å². The summed E-state index contributed by atoms with van der Waals surface area (Å²) in [6, 6.07) is 3.88. The number of aryl methyl sites for hydroxylation is 1. The summed E-state index contributed by atoms with van der Waals surface area (Å²) in [5.74, 6) is -0.936. The molecule has 0 saturated heterocycles. The molecule has 1 unspecified atom stereocenters. The predicted molar refractivity (Wildman–Crippen MR) is 70.1 cm³/mol. The number of thiazole rings is 1. The zero-order valence-corrected chi connectivity index (χ0v) is 10.9. The van der Waals surface area contributed by atoms with Crippen LogP contribution in [0.1, 0.15) is 33.9 Å². The van der Waals surface area contributed by atoms with Crippen LogP contribution in [0.15, 0.2) is 24.5 Å². The van der Waals surface area contributed by atoms with Crippen LogP contribution < -0.4 is 5.32 Å². The molecule has 0 amide bonds. The lowest BCUT2D eigenvalue weighted by Crippen LogP contribution is -2.06. The summed E-state index contributed by atoms with van der Waals surface area (Å²) in [4.78, 5) is 19.4. The second-order valence-electron chi connectivity index (χ2n) is 3.89. The van der Waals surface area contributed by atoms with Crippen molar-refractivity contribution < 1.29 is 9.90 Å². The van der Waals surface area contributed by atoms with E-state index in [9.17, 15) is 4.79 Å². The van der Waals surface area contributed by atoms with Gasteiger partial charge < -0.3 is 10.4 Å². The number of aromatic carboxylic acids is 1. The molecule has 2 aromatic rings. The van der Waals surface area contributed by atoms with Crippen LogP contribution >= 0.6 is 11.3 Å². The minimum atomic E-state index is -0.936. The second kappa shape index (κ2) is 5.14. The molecule has 0 aliphatic rings. The molecule has 2 rings (SSSR count). The smallest absolute Gasteiger partial charge is 0.347 e. The predicted octanol–water partition coefficient (Wildman–Crippen LogP) is 2.72. The van der Waals surface area contributed by atoms with Crippen molar-refractivity contribution in [3.63, 3.8) is 0 Å². The number of carboxylic acid groups (broad SMARTS) is 1. The van der Waals surface area contributed by atoms with Crippen molar-refractivity contribution >= 4 is 22.4 Å². The maximum Gasteiger partial charge on any atom is 0.347 e. The van der Waals surface area contributed by atoms with E-state index in [-0.39, 0.29) is 10.9 Å². The number of nitrogens with zero attached hydrogens (tertiary/aromatic N) is 2. The first-order chi connectivity index (χ1) is 8.58. The Morgan fingerprint density at radius 1 is 1.44 bits per heavy atom. The molecule has 2 heterocycles. The number of rotatable bonds is 4. The van der Waals surface area contributed by atoms with Crippen LogP contribution in [-0.2, 0) is 0 Å². The Morgan fingerprint density at radius 2 is 2.11 bits per heavy atom. The molecule has 1 atom stereocenters. The highest BCUT2D eigenvalue weighted by molar-refractivity contribution is 7.17. The lowest BCUT2D eigenvalue weighted by Gasteiger charge is -2.12. The Balaban J connectivity index is 2.15. The largest absolute Gasteiger partial charge is 0.477 e. The maximum atomic E-state index is 10.9. The van der Waals surface area contributed by atoms with Gasteiger partial charge in [0.1, 0.15) is 4.88 Å². The summed E-state index contributed by atoms with van der Waals surface area (Å²) in [5.41, 5.74) is 1.62. The van der Waals surface area contributed by atoms with E-state index in [1.165, 1.54) is 0 Å². The zero-order chi connectivity index (χ0) is 13.1. The molecule has 5 nitrogen and oxygen atoms in total. The fraction of sp³-hybridized carbons (Fsp3) is 0.250. The van der Waals surface area contributed by atoms with E-state index in [2.05, 4.69) is 15.3 Å². The third-order valence-corrected chi connectivity index (χ3v) is 3.61. The van der Waals surface area contributed by atoms with Crippen LogP contribution in [0, 0.1) is 6.92 Å². The Hall–Kier alpha value is -1.95. The van der Waals surface area contributed by atoms with E-state index in [0.717, 1.165) is 16.9 Å². The van der Waals surface area contributed by atoms with Crippen molar-refractivity contribution in [2.75, 3.05) is 5.32 Å². The van der Waals surface area contributed by atoms with Gasteiger partial charge in [-0.05, 0) is 31.5 Å². The van der Waals surface area contributed by atoms with Crippen LogP contribution in [0.4, 0.5) is 5.13 Å². The molecule has 0 spiro atoms. The minimum Gasteiger partial charge on any atom is -0.477 e. The van der Waals surface area contributed by atoms with Crippen molar-refractivity contribution in [2.45, 2.75) is 19.9 Å². The number of hydrogen-bond donors (Lipinski definition) is 2. The molecule has 0 fully saturated rings. The van der Waals surface area contributed by atoms with Crippen LogP contribution in [0.5, 0.6) is 0 Å². The molecule has 0 radical (unpaired) electrons. The minimum absolute atomic E-state index is 0.0557. The summed E-state index contributed by atoms with van der Waals surface area (Å²) in [6.45, 7) is 3.69. The van der Waals surface area contributed by atoms with E-state index in [1.54, 1.807) is 19.3 Å². The number of anilines is 1. The zero-order valence-electron chi connectivity index (χ0n) is 10.0. The van der Waals surface area contributed by atoms with Gasteiger partial charge >= 0.3 is 5.97 Å². The average Bonchev–Trinajstić information content (AvgIpc) is 2.71. The molecule has 2 N–H and O–H groups in total. The van der Waals surface area contributed by atoms with E-state index < -0.39 is 5.97 Å². The lowest BCUT2D eigenvalue weighted by molar-refractivity contribution is 0.0701.